The van der Waals surface area contributed by atoms with Crippen molar-refractivity contribution < 1.29 is 9.90 Å². The molecule has 4 heteroatoms. The summed E-state index contributed by atoms with van der Waals surface area (Å²) in [7, 11) is 0. The maximum absolute atomic E-state index is 11.2. The number of rotatable bonds is 8. The minimum atomic E-state index is -0.906. The van der Waals surface area contributed by atoms with Crippen LogP contribution in [0.4, 0.5) is 5.82 Å². The molecule has 1 heterocycles. The van der Waals surface area contributed by atoms with Crippen molar-refractivity contribution in [3.8, 4) is 0 Å². The number of aromatic carboxylic acids is 1. The van der Waals surface area contributed by atoms with E-state index in [1.54, 1.807) is 12.1 Å². The molecule has 4 nitrogen and oxygen atoms in total. The maximum atomic E-state index is 11.2. The smallest absolute Gasteiger partial charge is 0.335 e. The van der Waals surface area contributed by atoms with Gasteiger partial charge in [0, 0.05) is 11.7 Å². The first-order valence-electron chi connectivity index (χ1n) is 7.45. The lowest BCUT2D eigenvalue weighted by Crippen LogP contribution is -2.17. The van der Waals surface area contributed by atoms with Gasteiger partial charge in [0.05, 0.1) is 5.56 Å². The molecule has 0 aliphatic carbocycles. The number of nitrogens with one attached hydrogen (secondary N) is 1. The van der Waals surface area contributed by atoms with Crippen LogP contribution in [-0.2, 0) is 0 Å². The Hall–Kier alpha value is -1.58. The summed E-state index contributed by atoms with van der Waals surface area (Å²) in [6, 6.07) is 3.57. The summed E-state index contributed by atoms with van der Waals surface area (Å²) in [6.07, 6.45) is 4.69. The average molecular weight is 278 g/mol. The van der Waals surface area contributed by atoms with Gasteiger partial charge in [-0.05, 0) is 31.4 Å². The molecule has 1 aromatic rings. The van der Waals surface area contributed by atoms with E-state index in [1.807, 2.05) is 13.8 Å². The molecule has 0 spiro atoms. The number of carbonyl (C=O) groups is 1. The third-order valence-electron chi connectivity index (χ3n) is 3.32. The Kier molecular flexibility index (Phi) is 6.49. The zero-order chi connectivity index (χ0) is 15.1. The maximum Gasteiger partial charge on any atom is 0.335 e. The van der Waals surface area contributed by atoms with Crippen LogP contribution in [0.3, 0.4) is 0 Å². The molecule has 0 aliphatic rings. The van der Waals surface area contributed by atoms with Crippen molar-refractivity contribution in [3.63, 3.8) is 0 Å². The Balaban J connectivity index is 2.80. The van der Waals surface area contributed by atoms with Gasteiger partial charge in [-0.2, -0.15) is 0 Å². The quantitative estimate of drug-likeness (QED) is 0.696. The summed E-state index contributed by atoms with van der Waals surface area (Å²) < 4.78 is 0. The molecule has 0 fully saturated rings. The second-order valence-electron chi connectivity index (χ2n) is 5.67. The summed E-state index contributed by atoms with van der Waals surface area (Å²) in [5, 5.41) is 12.5. The molecule has 0 aromatic carbocycles. The fourth-order valence-corrected chi connectivity index (χ4v) is 2.07. The first-order valence-corrected chi connectivity index (χ1v) is 7.45. The number of aromatic nitrogens is 1. The number of anilines is 1. The van der Waals surface area contributed by atoms with Gasteiger partial charge in [0.25, 0.3) is 0 Å². The van der Waals surface area contributed by atoms with E-state index < -0.39 is 5.97 Å². The van der Waals surface area contributed by atoms with Gasteiger partial charge >= 0.3 is 5.97 Å². The molecule has 20 heavy (non-hydrogen) atoms. The third kappa shape index (κ3) is 5.19. The minimum Gasteiger partial charge on any atom is -0.478 e. The highest BCUT2D eigenvalue weighted by Crippen LogP contribution is 2.19. The lowest BCUT2D eigenvalue weighted by Gasteiger charge is -2.16. The van der Waals surface area contributed by atoms with Gasteiger partial charge in [-0.3, -0.25) is 0 Å². The van der Waals surface area contributed by atoms with Crippen LogP contribution in [0.15, 0.2) is 12.1 Å². The average Bonchev–Trinajstić information content (AvgIpc) is 2.38. The van der Waals surface area contributed by atoms with E-state index in [2.05, 4.69) is 24.1 Å². The van der Waals surface area contributed by atoms with Crippen molar-refractivity contribution in [1.82, 2.24) is 4.98 Å². The van der Waals surface area contributed by atoms with Gasteiger partial charge < -0.3 is 10.4 Å². The molecular weight excluding hydrogens is 252 g/mol. The first kappa shape index (κ1) is 16.5. The summed E-state index contributed by atoms with van der Waals surface area (Å²) in [6.45, 7) is 8.33. The molecular formula is C16H26N2O2. The molecule has 0 amide bonds. The van der Waals surface area contributed by atoms with E-state index >= 15 is 0 Å². The van der Waals surface area contributed by atoms with Crippen molar-refractivity contribution in [3.05, 3.63) is 23.4 Å². The van der Waals surface area contributed by atoms with Gasteiger partial charge in [0.1, 0.15) is 5.82 Å². The highest BCUT2D eigenvalue weighted by atomic mass is 16.4. The fourth-order valence-electron chi connectivity index (χ4n) is 2.07. The van der Waals surface area contributed by atoms with Crippen molar-refractivity contribution in [1.29, 1.82) is 0 Å². The largest absolute Gasteiger partial charge is 0.478 e. The highest BCUT2D eigenvalue weighted by molar-refractivity contribution is 5.88. The molecule has 112 valence electrons. The number of pyridine rings is 1. The summed E-state index contributed by atoms with van der Waals surface area (Å²) in [5.41, 5.74) is 1.11. The predicted octanol–water partition coefficient (Wildman–Crippen LogP) is 4.28. The lowest BCUT2D eigenvalue weighted by molar-refractivity contribution is 0.0696. The van der Waals surface area contributed by atoms with E-state index in [-0.39, 0.29) is 5.92 Å². The van der Waals surface area contributed by atoms with Gasteiger partial charge in [-0.1, -0.05) is 40.0 Å². The van der Waals surface area contributed by atoms with Crippen LogP contribution in [0.25, 0.3) is 0 Å². The Labute approximate surface area is 121 Å². The van der Waals surface area contributed by atoms with Crippen molar-refractivity contribution in [2.45, 2.75) is 65.3 Å². The minimum absolute atomic E-state index is 0.213. The van der Waals surface area contributed by atoms with Crippen LogP contribution >= 0.6 is 0 Å². The Bertz CT molecular complexity index is 444. The van der Waals surface area contributed by atoms with E-state index in [0.29, 0.717) is 17.4 Å². The summed E-state index contributed by atoms with van der Waals surface area (Å²) in [4.78, 5) is 15.7. The van der Waals surface area contributed by atoms with Crippen LogP contribution < -0.4 is 5.32 Å². The van der Waals surface area contributed by atoms with E-state index in [4.69, 9.17) is 5.11 Å². The molecule has 1 rings (SSSR count). The lowest BCUT2D eigenvalue weighted by atomic mass is 10.1. The summed E-state index contributed by atoms with van der Waals surface area (Å²) in [5.74, 6) is -0.0289. The predicted molar refractivity (Wildman–Crippen MR) is 82.5 cm³/mol. The highest BCUT2D eigenvalue weighted by Gasteiger charge is 2.12. The van der Waals surface area contributed by atoms with Crippen molar-refractivity contribution >= 4 is 11.8 Å². The molecule has 1 atom stereocenters. The number of carboxylic acid groups (broad SMARTS) is 1. The molecule has 1 unspecified atom stereocenters. The fraction of sp³-hybridized carbons (Fsp3) is 0.625. The van der Waals surface area contributed by atoms with Gasteiger partial charge in [-0.15, -0.1) is 0 Å². The van der Waals surface area contributed by atoms with Crippen LogP contribution in [0.5, 0.6) is 0 Å². The molecule has 1 aromatic heterocycles. The normalized spacial score (nSPS) is 12.4. The molecule has 2 N–H and O–H groups in total. The van der Waals surface area contributed by atoms with Crippen molar-refractivity contribution in [2.24, 2.45) is 0 Å². The Morgan fingerprint density at radius 2 is 2.00 bits per heavy atom. The van der Waals surface area contributed by atoms with Crippen LogP contribution in [-0.4, -0.2) is 22.1 Å². The number of carboxylic acids is 1. The summed E-state index contributed by atoms with van der Waals surface area (Å²) >= 11 is 0. The number of hydrogen-bond acceptors (Lipinski definition) is 3. The standard InChI is InChI=1S/C16H26N2O2/c1-5-6-7-8-12(4)17-15-10-13(16(19)20)9-14(18-15)11(2)3/h9-12H,5-8H2,1-4H3,(H,17,18)(H,19,20). The molecule has 0 bridgehead atoms. The van der Waals surface area contributed by atoms with E-state index in [0.717, 1.165) is 12.1 Å². The van der Waals surface area contributed by atoms with Gasteiger partial charge in [0.2, 0.25) is 0 Å². The van der Waals surface area contributed by atoms with E-state index in [9.17, 15) is 4.79 Å². The number of nitrogens with zero attached hydrogens (tertiary/aromatic N) is 1. The van der Waals surface area contributed by atoms with Gasteiger partial charge in [-0.25, -0.2) is 9.78 Å². The number of unbranched alkanes of at least 4 members (excludes halogenated alkanes) is 2. The second-order valence-corrected chi connectivity index (χ2v) is 5.67. The third-order valence-corrected chi connectivity index (χ3v) is 3.32. The Morgan fingerprint density at radius 3 is 2.55 bits per heavy atom. The van der Waals surface area contributed by atoms with Crippen LogP contribution in [0.2, 0.25) is 0 Å². The van der Waals surface area contributed by atoms with Gasteiger partial charge in [0.15, 0.2) is 0 Å². The SMILES string of the molecule is CCCCCC(C)Nc1cc(C(=O)O)cc(C(C)C)n1. The molecule has 0 saturated heterocycles. The topological polar surface area (TPSA) is 62.2 Å². The molecule has 0 saturated carbocycles. The second kappa shape index (κ2) is 7.88. The zero-order valence-corrected chi connectivity index (χ0v) is 12.9. The molecule has 0 radical (unpaired) electrons. The van der Waals surface area contributed by atoms with Crippen LogP contribution in [0.1, 0.15) is 75.3 Å². The van der Waals surface area contributed by atoms with E-state index in [1.165, 1.54) is 19.3 Å². The first-order chi connectivity index (χ1) is 9.43. The van der Waals surface area contributed by atoms with Crippen molar-refractivity contribution in [2.75, 3.05) is 5.32 Å². The molecule has 0 aliphatic heterocycles. The van der Waals surface area contributed by atoms with Crippen LogP contribution in [0, 0.1) is 0 Å². The zero-order valence-electron chi connectivity index (χ0n) is 12.9. The number of hydrogen-bond donors (Lipinski definition) is 2. The monoisotopic (exact) mass is 278 g/mol. The Morgan fingerprint density at radius 1 is 1.30 bits per heavy atom.